The molecule has 0 fully saturated rings. The van der Waals surface area contributed by atoms with Crippen LogP contribution in [0.3, 0.4) is 0 Å². The molecule has 0 unspecified atom stereocenters. The second kappa shape index (κ2) is 2.98. The lowest BCUT2D eigenvalue weighted by Crippen LogP contribution is -2.22. The van der Waals surface area contributed by atoms with Gasteiger partial charge in [0.1, 0.15) is 5.76 Å². The van der Waals surface area contributed by atoms with Gasteiger partial charge in [0.25, 0.3) is 0 Å². The highest BCUT2D eigenvalue weighted by Crippen LogP contribution is 2.12. The molecule has 3 N–H and O–H groups in total. The van der Waals surface area contributed by atoms with Crippen LogP contribution >= 0.6 is 12.6 Å². The Hall–Kier alpha value is -0.610. The minimum absolute atomic E-state index is 0.0783. The summed E-state index contributed by atoms with van der Waals surface area (Å²) in [5, 5.41) is 20.5. The molecule has 56 valence electrons. The van der Waals surface area contributed by atoms with E-state index in [4.69, 9.17) is 10.2 Å². The van der Waals surface area contributed by atoms with Crippen LogP contribution in [0.1, 0.15) is 0 Å². The van der Waals surface area contributed by atoms with E-state index in [2.05, 4.69) is 17.9 Å². The summed E-state index contributed by atoms with van der Waals surface area (Å²) < 4.78 is 0. The Morgan fingerprint density at radius 3 is 2.90 bits per heavy atom. The molecule has 0 saturated heterocycles. The largest absolute Gasteiger partial charge is 0.507 e. The normalized spacial score (nSPS) is 18.4. The molecule has 10 heavy (non-hydrogen) atoms. The third-order valence-electron chi connectivity index (χ3n) is 1.26. The number of nitrogens with one attached hydrogen (secondary N) is 1. The third kappa shape index (κ3) is 1.46. The predicted molar refractivity (Wildman–Crippen MR) is 41.8 cm³/mol. The van der Waals surface area contributed by atoms with Gasteiger partial charge in [-0.1, -0.05) is 0 Å². The Morgan fingerprint density at radius 1 is 1.70 bits per heavy atom. The fourth-order valence-corrected chi connectivity index (χ4v) is 0.832. The number of thiol groups is 1. The molecule has 0 spiro atoms. The monoisotopic (exact) mass is 159 g/mol. The molecule has 0 amide bonds. The maximum Gasteiger partial charge on any atom is 0.128 e. The molecule has 1 heterocycles. The summed E-state index contributed by atoms with van der Waals surface area (Å²) in [5.41, 5.74) is 0.621. The molecule has 4 heteroatoms. The van der Waals surface area contributed by atoms with Gasteiger partial charge in [-0.25, -0.2) is 0 Å². The second-order valence-corrected chi connectivity index (χ2v) is 2.55. The summed E-state index contributed by atoms with van der Waals surface area (Å²) in [4.78, 5) is 0.595. The lowest BCUT2D eigenvalue weighted by molar-refractivity contribution is 0.318. The van der Waals surface area contributed by atoms with Gasteiger partial charge in [0.2, 0.25) is 0 Å². The van der Waals surface area contributed by atoms with Crippen LogP contribution in [0.2, 0.25) is 0 Å². The highest BCUT2D eigenvalue weighted by atomic mass is 32.1. The molecule has 1 aliphatic rings. The van der Waals surface area contributed by atoms with Crippen LogP contribution in [-0.2, 0) is 0 Å². The van der Waals surface area contributed by atoms with Crippen LogP contribution in [0, 0.1) is 0 Å². The number of dihydropyridines is 1. The van der Waals surface area contributed by atoms with Gasteiger partial charge in [-0.15, -0.1) is 12.6 Å². The summed E-state index contributed by atoms with van der Waals surface area (Å²) in [5.74, 6) is 0.131. The zero-order valence-corrected chi connectivity index (χ0v) is 6.23. The number of hydrogen-bond acceptors (Lipinski definition) is 4. The van der Waals surface area contributed by atoms with Crippen molar-refractivity contribution in [3.05, 3.63) is 22.4 Å². The highest BCUT2D eigenvalue weighted by molar-refractivity contribution is 7.84. The average Bonchev–Trinajstić information content (AvgIpc) is 1.95. The molecular formula is C6H9NO2S. The summed E-state index contributed by atoms with van der Waals surface area (Å²) in [6, 6.07) is 0. The van der Waals surface area contributed by atoms with Gasteiger partial charge in [-0.2, -0.15) is 0 Å². The van der Waals surface area contributed by atoms with Crippen LogP contribution in [0.4, 0.5) is 0 Å². The van der Waals surface area contributed by atoms with Crippen molar-refractivity contribution in [2.75, 3.05) is 13.2 Å². The third-order valence-corrected chi connectivity index (χ3v) is 1.65. The number of hydrogen-bond donors (Lipinski definition) is 4. The van der Waals surface area contributed by atoms with Gasteiger partial charge < -0.3 is 15.5 Å². The molecular weight excluding hydrogens is 150 g/mol. The van der Waals surface area contributed by atoms with Crippen molar-refractivity contribution in [3.63, 3.8) is 0 Å². The molecule has 0 atom stereocenters. The molecule has 0 aromatic carbocycles. The van der Waals surface area contributed by atoms with Gasteiger partial charge in [-0.05, 0) is 0 Å². The van der Waals surface area contributed by atoms with Crippen LogP contribution < -0.4 is 5.32 Å². The van der Waals surface area contributed by atoms with Gasteiger partial charge in [0, 0.05) is 23.2 Å². The van der Waals surface area contributed by atoms with Crippen molar-refractivity contribution < 1.29 is 10.2 Å². The van der Waals surface area contributed by atoms with E-state index in [1.165, 1.54) is 6.08 Å². The number of aliphatic hydroxyl groups excluding tert-OH is 2. The summed E-state index contributed by atoms with van der Waals surface area (Å²) >= 11 is 3.98. The number of aliphatic hydroxyl groups is 2. The van der Waals surface area contributed by atoms with Gasteiger partial charge >= 0.3 is 0 Å². The Labute approximate surface area is 64.5 Å². The fourth-order valence-electron chi connectivity index (χ4n) is 0.689. The average molecular weight is 159 g/mol. The SMILES string of the molecule is OCC1=CC(O)=C(S)CN1. The lowest BCUT2D eigenvalue weighted by atomic mass is 10.3. The molecule has 0 bridgehead atoms. The molecule has 0 aliphatic carbocycles. The highest BCUT2D eigenvalue weighted by Gasteiger charge is 2.06. The molecule has 0 saturated carbocycles. The van der Waals surface area contributed by atoms with Crippen molar-refractivity contribution in [1.29, 1.82) is 0 Å². The summed E-state index contributed by atoms with van der Waals surface area (Å²) in [6.07, 6.45) is 1.46. The number of allylic oxidation sites excluding steroid dienone is 1. The van der Waals surface area contributed by atoms with Gasteiger partial charge in [0.15, 0.2) is 0 Å². The Morgan fingerprint density at radius 2 is 2.40 bits per heavy atom. The van der Waals surface area contributed by atoms with E-state index in [0.29, 0.717) is 17.1 Å². The Kier molecular flexibility index (Phi) is 2.24. The quantitative estimate of drug-likeness (QED) is 0.412. The zero-order valence-electron chi connectivity index (χ0n) is 5.33. The van der Waals surface area contributed by atoms with Crippen molar-refractivity contribution in [3.8, 4) is 0 Å². The predicted octanol–water partition coefficient (Wildman–Crippen LogP) is 0.165. The first kappa shape index (κ1) is 7.50. The van der Waals surface area contributed by atoms with Crippen LogP contribution in [0.5, 0.6) is 0 Å². The second-order valence-electron chi connectivity index (χ2n) is 2.01. The first-order valence-electron chi connectivity index (χ1n) is 2.90. The summed E-state index contributed by atoms with van der Waals surface area (Å²) in [7, 11) is 0. The van der Waals surface area contributed by atoms with Crippen LogP contribution in [0.25, 0.3) is 0 Å². The van der Waals surface area contributed by atoms with Crippen molar-refractivity contribution >= 4 is 12.6 Å². The minimum atomic E-state index is -0.0783. The zero-order chi connectivity index (χ0) is 7.56. The van der Waals surface area contributed by atoms with Crippen molar-refractivity contribution in [2.24, 2.45) is 0 Å². The van der Waals surface area contributed by atoms with E-state index in [-0.39, 0.29) is 12.4 Å². The van der Waals surface area contributed by atoms with Gasteiger partial charge in [-0.3, -0.25) is 0 Å². The standard InChI is InChI=1S/C6H9NO2S/c8-3-4-1-5(9)6(10)2-7-4/h1,7-10H,2-3H2. The lowest BCUT2D eigenvalue weighted by Gasteiger charge is -2.14. The first-order chi connectivity index (χ1) is 4.74. The topological polar surface area (TPSA) is 52.5 Å². The van der Waals surface area contributed by atoms with E-state index in [1.54, 1.807) is 0 Å². The molecule has 1 aliphatic heterocycles. The van der Waals surface area contributed by atoms with Gasteiger partial charge in [0.05, 0.1) is 6.61 Å². The molecule has 0 aromatic heterocycles. The minimum Gasteiger partial charge on any atom is -0.507 e. The van der Waals surface area contributed by atoms with Crippen molar-refractivity contribution in [1.82, 2.24) is 5.32 Å². The summed E-state index contributed by atoms with van der Waals surface area (Å²) in [6.45, 7) is 0.409. The first-order valence-corrected chi connectivity index (χ1v) is 3.35. The maximum absolute atomic E-state index is 9.05. The molecule has 0 aromatic rings. The van der Waals surface area contributed by atoms with Crippen molar-refractivity contribution in [2.45, 2.75) is 0 Å². The van der Waals surface area contributed by atoms with E-state index in [0.717, 1.165) is 0 Å². The Bertz CT molecular complexity index is 198. The molecule has 1 rings (SSSR count). The number of rotatable bonds is 1. The van der Waals surface area contributed by atoms with E-state index in [9.17, 15) is 0 Å². The molecule has 0 radical (unpaired) electrons. The fraction of sp³-hybridized carbons (Fsp3) is 0.333. The smallest absolute Gasteiger partial charge is 0.128 e. The van der Waals surface area contributed by atoms with Crippen LogP contribution in [-0.4, -0.2) is 23.4 Å². The van der Waals surface area contributed by atoms with E-state index < -0.39 is 0 Å². The Balaban J connectivity index is 2.76. The molecule has 3 nitrogen and oxygen atoms in total. The maximum atomic E-state index is 9.05. The van der Waals surface area contributed by atoms with E-state index in [1.807, 2.05) is 0 Å². The van der Waals surface area contributed by atoms with E-state index >= 15 is 0 Å². The van der Waals surface area contributed by atoms with Crippen LogP contribution in [0.15, 0.2) is 22.4 Å².